The maximum Gasteiger partial charge on any atom is 0.0885 e. The number of rotatable bonds is 3. The first-order chi connectivity index (χ1) is 6.74. The van der Waals surface area contributed by atoms with Gasteiger partial charge in [0.25, 0.3) is 0 Å². The van der Waals surface area contributed by atoms with Crippen LogP contribution in [0.1, 0.15) is 19.5 Å². The number of nitrogens with zero attached hydrogens (tertiary/aromatic N) is 2. The Labute approximate surface area is 84.7 Å². The van der Waals surface area contributed by atoms with Crippen LogP contribution in [0.3, 0.4) is 0 Å². The van der Waals surface area contributed by atoms with Gasteiger partial charge in [0, 0.05) is 6.20 Å². The summed E-state index contributed by atoms with van der Waals surface area (Å²) in [7, 11) is 0. The first-order valence-electron chi connectivity index (χ1n) is 4.47. The smallest absolute Gasteiger partial charge is 0.0885 e. The lowest BCUT2D eigenvalue weighted by molar-refractivity contribution is 1.26. The van der Waals surface area contributed by atoms with E-state index in [0.717, 1.165) is 11.4 Å². The summed E-state index contributed by atoms with van der Waals surface area (Å²) in [5.41, 5.74) is 2.87. The Morgan fingerprint density at radius 2 is 2.14 bits per heavy atom. The molecule has 0 saturated carbocycles. The highest BCUT2D eigenvalue weighted by Crippen LogP contribution is 2.12. The molecule has 0 bridgehead atoms. The van der Waals surface area contributed by atoms with Crippen LogP contribution in [0.25, 0.3) is 5.70 Å². The number of hydrogen-bond donors (Lipinski definition) is 0. The van der Waals surface area contributed by atoms with Gasteiger partial charge in [0.15, 0.2) is 0 Å². The van der Waals surface area contributed by atoms with Crippen LogP contribution in [-0.2, 0) is 0 Å². The van der Waals surface area contributed by atoms with E-state index in [9.17, 15) is 0 Å². The fourth-order valence-electron chi connectivity index (χ4n) is 0.979. The second-order valence-corrected chi connectivity index (χ2v) is 3.17. The van der Waals surface area contributed by atoms with Gasteiger partial charge in [0.1, 0.15) is 0 Å². The van der Waals surface area contributed by atoms with Crippen LogP contribution in [0.4, 0.5) is 0 Å². The SMILES string of the molecule is C=N/C(=C\C=C(C)C)c1ccccn1. The molecule has 0 aliphatic carbocycles. The lowest BCUT2D eigenvalue weighted by atomic mass is 10.2. The third-order valence-corrected chi connectivity index (χ3v) is 1.67. The van der Waals surface area contributed by atoms with E-state index in [1.54, 1.807) is 6.20 Å². The van der Waals surface area contributed by atoms with E-state index in [1.807, 2.05) is 44.2 Å². The fourth-order valence-corrected chi connectivity index (χ4v) is 0.979. The molecular weight excluding hydrogens is 172 g/mol. The summed E-state index contributed by atoms with van der Waals surface area (Å²) in [5.74, 6) is 0. The van der Waals surface area contributed by atoms with E-state index < -0.39 is 0 Å². The van der Waals surface area contributed by atoms with Gasteiger partial charge in [0.05, 0.1) is 11.4 Å². The molecule has 2 nitrogen and oxygen atoms in total. The van der Waals surface area contributed by atoms with Gasteiger partial charge in [-0.05, 0) is 38.8 Å². The van der Waals surface area contributed by atoms with Gasteiger partial charge in [-0.25, -0.2) is 0 Å². The summed E-state index contributed by atoms with van der Waals surface area (Å²) in [6.07, 6.45) is 5.67. The molecule has 1 rings (SSSR count). The molecule has 0 radical (unpaired) electrons. The second kappa shape index (κ2) is 5.12. The summed E-state index contributed by atoms with van der Waals surface area (Å²) < 4.78 is 0. The minimum absolute atomic E-state index is 0.798. The summed E-state index contributed by atoms with van der Waals surface area (Å²) in [4.78, 5) is 8.13. The van der Waals surface area contributed by atoms with Gasteiger partial charge in [-0.2, -0.15) is 0 Å². The van der Waals surface area contributed by atoms with Crippen LogP contribution in [0.2, 0.25) is 0 Å². The van der Waals surface area contributed by atoms with Crippen LogP contribution in [0.15, 0.2) is 47.1 Å². The molecule has 0 amide bonds. The number of aromatic nitrogens is 1. The zero-order chi connectivity index (χ0) is 10.4. The normalized spacial score (nSPS) is 10.9. The molecule has 0 spiro atoms. The molecule has 14 heavy (non-hydrogen) atoms. The Kier molecular flexibility index (Phi) is 3.80. The molecule has 0 aromatic carbocycles. The molecule has 0 aliphatic heterocycles. The summed E-state index contributed by atoms with van der Waals surface area (Å²) >= 11 is 0. The first kappa shape index (κ1) is 10.4. The Morgan fingerprint density at radius 1 is 1.36 bits per heavy atom. The summed E-state index contributed by atoms with van der Waals surface area (Å²) in [5, 5.41) is 0. The molecular formula is C12H14N2. The molecule has 72 valence electrons. The Morgan fingerprint density at radius 3 is 2.64 bits per heavy atom. The van der Waals surface area contributed by atoms with Crippen molar-refractivity contribution in [2.24, 2.45) is 4.99 Å². The second-order valence-electron chi connectivity index (χ2n) is 3.17. The van der Waals surface area contributed by atoms with Crippen molar-refractivity contribution in [2.75, 3.05) is 0 Å². The number of allylic oxidation sites excluding steroid dienone is 3. The highest BCUT2D eigenvalue weighted by molar-refractivity contribution is 5.66. The number of hydrogen-bond acceptors (Lipinski definition) is 2. The van der Waals surface area contributed by atoms with Crippen LogP contribution in [0, 0.1) is 0 Å². The number of aliphatic imine (C=N–C) groups is 1. The van der Waals surface area contributed by atoms with E-state index in [0.29, 0.717) is 0 Å². The van der Waals surface area contributed by atoms with Crippen molar-refractivity contribution in [3.63, 3.8) is 0 Å². The summed E-state index contributed by atoms with van der Waals surface area (Å²) in [6, 6.07) is 5.73. The van der Waals surface area contributed by atoms with Crippen LogP contribution >= 0.6 is 0 Å². The highest BCUT2D eigenvalue weighted by atomic mass is 14.8. The quantitative estimate of drug-likeness (QED) is 0.526. The standard InChI is InChI=1S/C12H14N2/c1-10(2)7-8-11(13-3)12-6-4-5-9-14-12/h4-9H,3H2,1-2H3/b11-8-. The average Bonchev–Trinajstić information content (AvgIpc) is 2.20. The molecule has 0 unspecified atom stereocenters. The van der Waals surface area contributed by atoms with Crippen molar-refractivity contribution >= 4 is 12.4 Å². The van der Waals surface area contributed by atoms with Crippen molar-refractivity contribution in [1.82, 2.24) is 4.98 Å². The van der Waals surface area contributed by atoms with E-state index in [1.165, 1.54) is 5.57 Å². The average molecular weight is 186 g/mol. The maximum atomic E-state index is 4.20. The molecule has 1 aromatic heterocycles. The van der Waals surface area contributed by atoms with Gasteiger partial charge >= 0.3 is 0 Å². The minimum atomic E-state index is 0.798. The van der Waals surface area contributed by atoms with Crippen molar-refractivity contribution < 1.29 is 0 Å². The zero-order valence-electron chi connectivity index (χ0n) is 8.57. The molecule has 1 aromatic rings. The van der Waals surface area contributed by atoms with E-state index in [-0.39, 0.29) is 0 Å². The van der Waals surface area contributed by atoms with Crippen molar-refractivity contribution in [2.45, 2.75) is 13.8 Å². The third-order valence-electron chi connectivity index (χ3n) is 1.67. The van der Waals surface area contributed by atoms with Gasteiger partial charge in [-0.15, -0.1) is 0 Å². The summed E-state index contributed by atoms with van der Waals surface area (Å²) in [6.45, 7) is 7.60. The third kappa shape index (κ3) is 2.98. The van der Waals surface area contributed by atoms with Crippen molar-refractivity contribution in [3.8, 4) is 0 Å². The topological polar surface area (TPSA) is 25.2 Å². The molecule has 0 aliphatic rings. The molecule has 0 N–H and O–H groups in total. The minimum Gasteiger partial charge on any atom is -0.262 e. The Balaban J connectivity index is 2.99. The van der Waals surface area contributed by atoms with E-state index in [2.05, 4.69) is 16.7 Å². The van der Waals surface area contributed by atoms with Crippen LogP contribution in [-0.4, -0.2) is 11.7 Å². The van der Waals surface area contributed by atoms with Crippen LogP contribution < -0.4 is 0 Å². The lowest BCUT2D eigenvalue weighted by Crippen LogP contribution is -1.84. The highest BCUT2D eigenvalue weighted by Gasteiger charge is 1.96. The monoisotopic (exact) mass is 186 g/mol. The van der Waals surface area contributed by atoms with E-state index in [4.69, 9.17) is 0 Å². The number of pyridine rings is 1. The lowest BCUT2D eigenvalue weighted by Gasteiger charge is -1.98. The van der Waals surface area contributed by atoms with Crippen LogP contribution in [0.5, 0.6) is 0 Å². The predicted octanol–water partition coefficient (Wildman–Crippen LogP) is 3.09. The molecule has 0 atom stereocenters. The molecule has 1 heterocycles. The molecule has 2 heteroatoms. The zero-order valence-corrected chi connectivity index (χ0v) is 8.57. The largest absolute Gasteiger partial charge is 0.262 e. The predicted molar refractivity (Wildman–Crippen MR) is 61.2 cm³/mol. The van der Waals surface area contributed by atoms with Gasteiger partial charge in [0.2, 0.25) is 0 Å². The van der Waals surface area contributed by atoms with Crippen molar-refractivity contribution in [1.29, 1.82) is 0 Å². The van der Waals surface area contributed by atoms with Gasteiger partial charge in [-0.1, -0.05) is 17.7 Å². The Hall–Kier alpha value is -1.70. The maximum absolute atomic E-state index is 4.20. The van der Waals surface area contributed by atoms with Gasteiger partial charge in [-0.3, -0.25) is 9.98 Å². The Bertz CT molecular complexity index is 357. The molecule has 0 saturated heterocycles. The van der Waals surface area contributed by atoms with E-state index >= 15 is 0 Å². The van der Waals surface area contributed by atoms with Crippen molar-refractivity contribution in [3.05, 3.63) is 47.8 Å². The molecule has 0 fully saturated rings. The van der Waals surface area contributed by atoms with Gasteiger partial charge < -0.3 is 0 Å². The first-order valence-corrected chi connectivity index (χ1v) is 4.47. The fraction of sp³-hybridized carbons (Fsp3) is 0.167.